The van der Waals surface area contributed by atoms with Crippen LogP contribution in [0.25, 0.3) is 0 Å². The first kappa shape index (κ1) is 22.5. The number of aliphatic hydroxyl groups is 5. The molecule has 1 aliphatic heterocycles. The number of unbranched alkanes of at least 4 members (excludes halogenated alkanes) is 7. The van der Waals surface area contributed by atoms with Crippen LogP contribution in [0.15, 0.2) is 0 Å². The Kier molecular flexibility index (Phi) is 10.1. The third kappa shape index (κ3) is 6.92. The first-order valence-electron chi connectivity index (χ1n) is 9.42. The Balaban J connectivity index is 2.32. The summed E-state index contributed by atoms with van der Waals surface area (Å²) in [5.74, 6) is -2.57. The van der Waals surface area contributed by atoms with Gasteiger partial charge in [0, 0.05) is 6.42 Å². The van der Waals surface area contributed by atoms with Gasteiger partial charge in [-0.15, -0.1) is 0 Å². The van der Waals surface area contributed by atoms with Gasteiger partial charge in [-0.3, -0.25) is 4.79 Å². The summed E-state index contributed by atoms with van der Waals surface area (Å²) in [6.07, 6.45) is 2.29. The van der Waals surface area contributed by atoms with Gasteiger partial charge in [0.2, 0.25) is 5.79 Å². The molecule has 0 radical (unpaired) electrons. The van der Waals surface area contributed by atoms with Gasteiger partial charge in [0.25, 0.3) is 0 Å². The van der Waals surface area contributed by atoms with E-state index >= 15 is 0 Å². The van der Waals surface area contributed by atoms with E-state index in [-0.39, 0.29) is 12.2 Å². The lowest BCUT2D eigenvalue weighted by atomic mass is 9.89. The van der Waals surface area contributed by atoms with Crippen molar-refractivity contribution in [3.05, 3.63) is 0 Å². The van der Waals surface area contributed by atoms with Crippen LogP contribution in [0.2, 0.25) is 0 Å². The van der Waals surface area contributed by atoms with E-state index in [1.54, 1.807) is 0 Å². The zero-order chi connectivity index (χ0) is 18.9. The Morgan fingerprint density at radius 2 is 1.52 bits per heavy atom. The second-order valence-corrected chi connectivity index (χ2v) is 7.05. The number of hydrogen-bond donors (Lipinski definition) is 5. The van der Waals surface area contributed by atoms with Gasteiger partial charge in [-0.05, 0) is 6.42 Å². The van der Waals surface area contributed by atoms with E-state index in [1.807, 2.05) is 0 Å². The highest BCUT2D eigenvalue weighted by atomic mass is 16.7. The van der Waals surface area contributed by atoms with E-state index in [9.17, 15) is 25.2 Å². The summed E-state index contributed by atoms with van der Waals surface area (Å²) in [4.78, 5) is 12.1. The van der Waals surface area contributed by atoms with Crippen molar-refractivity contribution >= 4 is 5.78 Å². The van der Waals surface area contributed by atoms with E-state index in [1.165, 1.54) is 25.7 Å². The molecule has 0 spiro atoms. The zero-order valence-electron chi connectivity index (χ0n) is 15.1. The molecule has 25 heavy (non-hydrogen) atoms. The maximum Gasteiger partial charge on any atom is 0.202 e. The lowest BCUT2D eigenvalue weighted by molar-refractivity contribution is -0.347. The van der Waals surface area contributed by atoms with Crippen LogP contribution >= 0.6 is 0 Å². The van der Waals surface area contributed by atoms with Crippen LogP contribution in [0, 0.1) is 0 Å². The zero-order valence-corrected chi connectivity index (χ0v) is 15.1. The van der Waals surface area contributed by atoms with Gasteiger partial charge < -0.3 is 30.3 Å². The molecule has 0 aromatic carbocycles. The van der Waals surface area contributed by atoms with Gasteiger partial charge in [0.15, 0.2) is 0 Å². The summed E-state index contributed by atoms with van der Waals surface area (Å²) < 4.78 is 5.10. The predicted octanol–water partition coefficient (Wildman–Crippen LogP) is 0.639. The SMILES string of the molecule is CCCCCCCCCCC(=O)C[C@]1(O)O[C@H](CO)[C@H](O)[C@H](O)[C@H]1O. The smallest absolute Gasteiger partial charge is 0.202 e. The normalized spacial score (nSPS) is 32.7. The molecule has 5 N–H and O–H groups in total. The molecule has 0 aromatic heterocycles. The van der Waals surface area contributed by atoms with Crippen LogP contribution in [-0.4, -0.2) is 68.1 Å². The van der Waals surface area contributed by atoms with E-state index < -0.39 is 43.2 Å². The van der Waals surface area contributed by atoms with E-state index in [0.717, 1.165) is 19.3 Å². The highest BCUT2D eigenvalue weighted by Gasteiger charge is 2.53. The molecule has 1 aliphatic rings. The maximum atomic E-state index is 12.1. The minimum absolute atomic E-state index is 0.260. The summed E-state index contributed by atoms with van der Waals surface area (Å²) in [6, 6.07) is 0. The Hall–Kier alpha value is -0.570. The van der Waals surface area contributed by atoms with E-state index in [0.29, 0.717) is 6.42 Å². The predicted molar refractivity (Wildman–Crippen MR) is 91.8 cm³/mol. The van der Waals surface area contributed by atoms with Crippen molar-refractivity contribution in [1.82, 2.24) is 0 Å². The van der Waals surface area contributed by atoms with Gasteiger partial charge in [-0.25, -0.2) is 0 Å². The van der Waals surface area contributed by atoms with Gasteiger partial charge in [0.05, 0.1) is 13.0 Å². The average molecular weight is 362 g/mol. The molecule has 0 amide bonds. The van der Waals surface area contributed by atoms with Gasteiger partial charge in [-0.2, -0.15) is 0 Å². The Morgan fingerprint density at radius 3 is 2.08 bits per heavy atom. The van der Waals surface area contributed by atoms with Crippen molar-refractivity contribution in [3.63, 3.8) is 0 Å². The molecule has 0 aromatic rings. The number of carbonyl (C=O) groups excluding carboxylic acids is 1. The van der Waals surface area contributed by atoms with E-state index in [2.05, 4.69) is 6.92 Å². The molecular formula is C18H34O7. The summed E-state index contributed by atoms with van der Waals surface area (Å²) >= 11 is 0. The second kappa shape index (κ2) is 11.2. The quantitative estimate of drug-likeness (QED) is 0.322. The van der Waals surface area contributed by atoms with Crippen molar-refractivity contribution < 1.29 is 35.1 Å². The lowest BCUT2D eigenvalue weighted by Crippen LogP contribution is -2.65. The molecular weight excluding hydrogens is 328 g/mol. The van der Waals surface area contributed by atoms with Gasteiger partial charge in [-0.1, -0.05) is 51.9 Å². The molecule has 1 saturated heterocycles. The summed E-state index contributed by atoms with van der Waals surface area (Å²) in [5, 5.41) is 48.8. The molecule has 148 valence electrons. The fourth-order valence-corrected chi connectivity index (χ4v) is 3.19. The largest absolute Gasteiger partial charge is 0.394 e. The first-order chi connectivity index (χ1) is 11.9. The number of aliphatic hydroxyl groups excluding tert-OH is 4. The molecule has 1 fully saturated rings. The Labute approximate surface area is 149 Å². The lowest BCUT2D eigenvalue weighted by Gasteiger charge is -2.45. The van der Waals surface area contributed by atoms with Crippen LogP contribution in [0.1, 0.15) is 71.1 Å². The third-order valence-corrected chi connectivity index (χ3v) is 4.81. The first-order valence-corrected chi connectivity index (χ1v) is 9.42. The summed E-state index contributed by atoms with van der Waals surface area (Å²) in [6.45, 7) is 1.54. The molecule has 0 aliphatic carbocycles. The monoisotopic (exact) mass is 362 g/mol. The number of ketones is 1. The van der Waals surface area contributed by atoms with Crippen molar-refractivity contribution in [2.24, 2.45) is 0 Å². The number of carbonyl (C=O) groups is 1. The summed E-state index contributed by atoms with van der Waals surface area (Å²) in [5.41, 5.74) is 0. The highest BCUT2D eigenvalue weighted by molar-refractivity contribution is 5.79. The van der Waals surface area contributed by atoms with Crippen molar-refractivity contribution in [2.45, 2.75) is 101 Å². The van der Waals surface area contributed by atoms with Crippen molar-refractivity contribution in [1.29, 1.82) is 0 Å². The number of Topliss-reactive ketones (excluding diaryl/α,β-unsaturated/α-hetero) is 1. The fraction of sp³-hybridized carbons (Fsp3) is 0.944. The maximum absolute atomic E-state index is 12.1. The van der Waals surface area contributed by atoms with Crippen molar-refractivity contribution in [2.75, 3.05) is 6.61 Å². The van der Waals surface area contributed by atoms with Crippen LogP contribution in [0.3, 0.4) is 0 Å². The fourth-order valence-electron chi connectivity index (χ4n) is 3.19. The summed E-state index contributed by atoms with van der Waals surface area (Å²) in [7, 11) is 0. The van der Waals surface area contributed by atoms with Gasteiger partial charge in [0.1, 0.15) is 30.2 Å². The minimum Gasteiger partial charge on any atom is -0.394 e. The molecule has 7 nitrogen and oxygen atoms in total. The molecule has 7 heteroatoms. The number of rotatable bonds is 12. The second-order valence-electron chi connectivity index (χ2n) is 7.05. The average Bonchev–Trinajstić information content (AvgIpc) is 2.59. The molecule has 1 rings (SSSR count). The highest BCUT2D eigenvalue weighted by Crippen LogP contribution is 2.31. The third-order valence-electron chi connectivity index (χ3n) is 4.81. The molecule has 0 bridgehead atoms. The molecule has 1 heterocycles. The Bertz CT molecular complexity index is 388. The van der Waals surface area contributed by atoms with Crippen LogP contribution < -0.4 is 0 Å². The molecule has 5 atom stereocenters. The van der Waals surface area contributed by atoms with Crippen LogP contribution in [-0.2, 0) is 9.53 Å². The van der Waals surface area contributed by atoms with Crippen molar-refractivity contribution in [3.8, 4) is 0 Å². The number of ether oxygens (including phenoxy) is 1. The Morgan fingerprint density at radius 1 is 0.960 bits per heavy atom. The topological polar surface area (TPSA) is 127 Å². The molecule has 0 saturated carbocycles. The standard InChI is InChI=1S/C18H34O7/c1-2-3-4-5-6-7-8-9-10-13(20)11-18(24)17(23)16(22)15(21)14(12-19)25-18/h14-17,19,21-24H,2-12H2,1H3/t14-,15+,16+,17-,18+/m1/s1. The number of hydrogen-bond acceptors (Lipinski definition) is 7. The van der Waals surface area contributed by atoms with Gasteiger partial charge >= 0.3 is 0 Å². The van der Waals surface area contributed by atoms with Crippen LogP contribution in [0.5, 0.6) is 0 Å². The minimum atomic E-state index is -2.29. The van der Waals surface area contributed by atoms with Crippen LogP contribution in [0.4, 0.5) is 0 Å². The molecule has 0 unspecified atom stereocenters. The van der Waals surface area contributed by atoms with E-state index in [4.69, 9.17) is 9.84 Å².